The van der Waals surface area contributed by atoms with Crippen molar-refractivity contribution in [3.8, 4) is 0 Å². The molecule has 0 bridgehead atoms. The topological polar surface area (TPSA) is 110 Å². The minimum atomic E-state index is -0.833. The number of aliphatic hydroxyl groups excluding tert-OH is 1. The zero-order valence-corrected chi connectivity index (χ0v) is 6.03. The van der Waals surface area contributed by atoms with Crippen molar-refractivity contribution >= 4 is 6.03 Å². The lowest BCUT2D eigenvalue weighted by Crippen LogP contribution is -2.18. The number of hydrogen-bond donors (Lipinski definition) is 4. The van der Waals surface area contributed by atoms with Crippen LogP contribution in [-0.4, -0.2) is 16.2 Å². The van der Waals surface area contributed by atoms with E-state index in [1.807, 2.05) is 0 Å². The second kappa shape index (κ2) is 8.35. The van der Waals surface area contributed by atoms with Crippen LogP contribution in [0.4, 0.5) is 4.79 Å². The van der Waals surface area contributed by atoms with Crippen LogP contribution in [0.2, 0.25) is 0 Å². The Morgan fingerprint density at radius 1 is 1.45 bits per heavy atom. The molecule has 0 saturated heterocycles. The summed E-state index contributed by atoms with van der Waals surface area (Å²) in [6, 6.07) is -0.833. The standard InChI is InChI=1S/C5H8O2.CH4N2O/c1-2-3-4-5(6)7;2-1(3)4/h2,4,6-7H,1,3H2;(H4,2,3,4). The maximum atomic E-state index is 9.00. The molecule has 0 aliphatic rings. The highest BCUT2D eigenvalue weighted by atomic mass is 16.5. The van der Waals surface area contributed by atoms with Crippen molar-refractivity contribution in [2.75, 3.05) is 0 Å². The maximum Gasteiger partial charge on any atom is 0.309 e. The van der Waals surface area contributed by atoms with E-state index in [-0.39, 0.29) is 0 Å². The van der Waals surface area contributed by atoms with Crippen LogP contribution in [0, 0.1) is 0 Å². The van der Waals surface area contributed by atoms with Crippen LogP contribution in [0.1, 0.15) is 6.42 Å². The van der Waals surface area contributed by atoms with Crippen LogP contribution in [-0.2, 0) is 0 Å². The van der Waals surface area contributed by atoms with Gasteiger partial charge in [0.25, 0.3) is 5.95 Å². The molecule has 0 heterocycles. The Labute approximate surface area is 64.6 Å². The molecule has 0 aromatic heterocycles. The predicted octanol–water partition coefficient (Wildman–Crippen LogP) is 0.544. The highest BCUT2D eigenvalue weighted by molar-refractivity contribution is 5.69. The Balaban J connectivity index is 0. The molecule has 0 aromatic rings. The van der Waals surface area contributed by atoms with Crippen molar-refractivity contribution in [3.63, 3.8) is 0 Å². The first kappa shape index (κ1) is 12.1. The van der Waals surface area contributed by atoms with Crippen molar-refractivity contribution in [2.45, 2.75) is 6.42 Å². The number of rotatable bonds is 2. The van der Waals surface area contributed by atoms with Crippen LogP contribution in [0.3, 0.4) is 0 Å². The number of urea groups is 1. The van der Waals surface area contributed by atoms with Crippen LogP contribution in [0.15, 0.2) is 24.7 Å². The van der Waals surface area contributed by atoms with Crippen molar-refractivity contribution in [1.29, 1.82) is 0 Å². The molecule has 0 saturated carbocycles. The smallest absolute Gasteiger partial charge is 0.309 e. The first-order chi connectivity index (χ1) is 5.00. The van der Waals surface area contributed by atoms with Gasteiger partial charge in [0.1, 0.15) is 0 Å². The summed E-state index contributed by atoms with van der Waals surface area (Å²) in [4.78, 5) is 9.00. The molecule has 5 heteroatoms. The summed E-state index contributed by atoms with van der Waals surface area (Å²) in [6.45, 7) is 3.37. The molecule has 0 radical (unpaired) electrons. The third-order valence-corrected chi connectivity index (χ3v) is 0.467. The number of amides is 2. The van der Waals surface area contributed by atoms with Crippen molar-refractivity contribution in [1.82, 2.24) is 0 Å². The Kier molecular flexibility index (Phi) is 9.16. The Morgan fingerprint density at radius 2 is 1.82 bits per heavy atom. The molecule has 64 valence electrons. The molecule has 0 atom stereocenters. The SMILES string of the molecule is C=CCC=C(O)O.NC(N)=O. The molecular formula is C6H12N2O3. The number of carbonyl (C=O) groups excluding carboxylic acids is 1. The lowest BCUT2D eigenvalue weighted by atomic mass is 10.4. The van der Waals surface area contributed by atoms with Gasteiger partial charge in [-0.1, -0.05) is 6.08 Å². The van der Waals surface area contributed by atoms with Crippen LogP contribution < -0.4 is 11.5 Å². The van der Waals surface area contributed by atoms with Gasteiger partial charge in [0.15, 0.2) is 0 Å². The molecule has 0 rings (SSSR count). The second-order valence-corrected chi connectivity index (χ2v) is 1.49. The fourth-order valence-corrected chi connectivity index (χ4v) is 0.189. The maximum absolute atomic E-state index is 9.00. The molecule has 0 aliphatic heterocycles. The largest absolute Gasteiger partial charge is 0.481 e. The van der Waals surface area contributed by atoms with E-state index in [2.05, 4.69) is 18.0 Å². The summed E-state index contributed by atoms with van der Waals surface area (Å²) in [7, 11) is 0. The summed E-state index contributed by atoms with van der Waals surface area (Å²) in [6.07, 6.45) is 3.34. The molecule has 0 fully saturated rings. The molecular weight excluding hydrogens is 148 g/mol. The predicted molar refractivity (Wildman–Crippen MR) is 41.9 cm³/mol. The molecule has 5 nitrogen and oxygen atoms in total. The number of nitrogens with two attached hydrogens (primary N) is 2. The molecule has 6 N–H and O–H groups in total. The van der Waals surface area contributed by atoms with E-state index in [1.54, 1.807) is 6.08 Å². The van der Waals surface area contributed by atoms with Gasteiger partial charge in [-0.25, -0.2) is 4.79 Å². The number of allylic oxidation sites excluding steroid dienone is 2. The van der Waals surface area contributed by atoms with E-state index in [1.165, 1.54) is 6.08 Å². The summed E-state index contributed by atoms with van der Waals surface area (Å²) in [5, 5.41) is 16.1. The summed E-state index contributed by atoms with van der Waals surface area (Å²) >= 11 is 0. The summed E-state index contributed by atoms with van der Waals surface area (Å²) in [5.41, 5.74) is 8.50. The third-order valence-electron chi connectivity index (χ3n) is 0.467. The zero-order valence-electron chi connectivity index (χ0n) is 6.03. The molecule has 0 aromatic carbocycles. The number of aliphatic hydroxyl groups is 2. The molecule has 11 heavy (non-hydrogen) atoms. The highest BCUT2D eigenvalue weighted by Gasteiger charge is 1.75. The van der Waals surface area contributed by atoms with Gasteiger partial charge in [0, 0.05) is 0 Å². The minimum Gasteiger partial charge on any atom is -0.481 e. The van der Waals surface area contributed by atoms with Crippen LogP contribution in [0.5, 0.6) is 0 Å². The van der Waals surface area contributed by atoms with Gasteiger partial charge < -0.3 is 21.7 Å². The Bertz CT molecular complexity index is 146. The fraction of sp³-hybridized carbons (Fsp3) is 0.167. The van der Waals surface area contributed by atoms with E-state index in [0.717, 1.165) is 0 Å². The van der Waals surface area contributed by atoms with E-state index >= 15 is 0 Å². The first-order valence-electron chi connectivity index (χ1n) is 2.74. The Hall–Kier alpha value is -1.65. The Morgan fingerprint density at radius 3 is 1.91 bits per heavy atom. The van der Waals surface area contributed by atoms with E-state index in [4.69, 9.17) is 15.0 Å². The van der Waals surface area contributed by atoms with Crippen LogP contribution >= 0.6 is 0 Å². The lowest BCUT2D eigenvalue weighted by Gasteiger charge is -1.80. The first-order valence-corrected chi connectivity index (χ1v) is 2.74. The molecule has 0 unspecified atom stereocenters. The average molecular weight is 160 g/mol. The van der Waals surface area contributed by atoms with Gasteiger partial charge in [-0.05, 0) is 12.5 Å². The zero-order chi connectivity index (χ0) is 9.28. The summed E-state index contributed by atoms with van der Waals surface area (Å²) in [5.74, 6) is -0.639. The van der Waals surface area contributed by atoms with Gasteiger partial charge in [-0.3, -0.25) is 0 Å². The lowest BCUT2D eigenvalue weighted by molar-refractivity contribution is 0.189. The third kappa shape index (κ3) is 61.0. The van der Waals surface area contributed by atoms with E-state index in [9.17, 15) is 0 Å². The second-order valence-electron chi connectivity index (χ2n) is 1.49. The molecule has 0 spiro atoms. The minimum absolute atomic E-state index is 0.502. The van der Waals surface area contributed by atoms with Gasteiger partial charge >= 0.3 is 6.03 Å². The quantitative estimate of drug-likeness (QED) is 0.349. The van der Waals surface area contributed by atoms with Crippen molar-refractivity contribution < 1.29 is 15.0 Å². The number of hydrogen-bond acceptors (Lipinski definition) is 3. The monoisotopic (exact) mass is 160 g/mol. The molecule has 2 amide bonds. The normalized spacial score (nSPS) is 6.91. The van der Waals surface area contributed by atoms with Crippen molar-refractivity contribution in [3.05, 3.63) is 24.7 Å². The van der Waals surface area contributed by atoms with Gasteiger partial charge in [-0.2, -0.15) is 0 Å². The van der Waals surface area contributed by atoms with Gasteiger partial charge in [0.05, 0.1) is 0 Å². The van der Waals surface area contributed by atoms with E-state index in [0.29, 0.717) is 6.42 Å². The van der Waals surface area contributed by atoms with Crippen molar-refractivity contribution in [2.24, 2.45) is 11.5 Å². The average Bonchev–Trinajstić information content (AvgIpc) is 1.82. The van der Waals surface area contributed by atoms with Crippen LogP contribution in [0.25, 0.3) is 0 Å². The van der Waals surface area contributed by atoms with Gasteiger partial charge in [0.2, 0.25) is 0 Å². The molecule has 0 aliphatic carbocycles. The summed E-state index contributed by atoms with van der Waals surface area (Å²) < 4.78 is 0. The fourth-order valence-electron chi connectivity index (χ4n) is 0.189. The highest BCUT2D eigenvalue weighted by Crippen LogP contribution is 1.85. The van der Waals surface area contributed by atoms with E-state index < -0.39 is 12.0 Å². The number of primary amides is 2. The number of carbonyl (C=O) groups is 1. The van der Waals surface area contributed by atoms with Gasteiger partial charge in [-0.15, -0.1) is 6.58 Å².